The normalized spacial score (nSPS) is 44.7. The molecule has 4 aliphatic rings. The molecule has 4 fully saturated rings. The second-order valence-corrected chi connectivity index (χ2v) is 11.7. The van der Waals surface area contributed by atoms with E-state index in [1.807, 2.05) is 36.5 Å². The van der Waals surface area contributed by atoms with Gasteiger partial charge in [-0.15, -0.1) is 0 Å². The second-order valence-electron chi connectivity index (χ2n) is 11.7. The van der Waals surface area contributed by atoms with Crippen molar-refractivity contribution in [1.82, 2.24) is 0 Å². The number of aliphatic hydroxyl groups excluding tert-OH is 1. The maximum absolute atomic E-state index is 12.3. The van der Waals surface area contributed by atoms with Crippen LogP contribution in [-0.2, 0) is 0 Å². The summed E-state index contributed by atoms with van der Waals surface area (Å²) in [4.78, 5) is 0. The summed E-state index contributed by atoms with van der Waals surface area (Å²) in [6.45, 7) is 4.72. The van der Waals surface area contributed by atoms with Gasteiger partial charge in [0.15, 0.2) is 0 Å². The average molecular weight is 453 g/mol. The Kier molecular flexibility index (Phi) is 5.60. The Labute approximate surface area is 197 Å². The second kappa shape index (κ2) is 8.09. The van der Waals surface area contributed by atoms with E-state index < -0.39 is 5.60 Å². The van der Waals surface area contributed by atoms with E-state index in [1.165, 1.54) is 5.01 Å². The summed E-state index contributed by atoms with van der Waals surface area (Å²) < 4.78 is 0. The summed E-state index contributed by atoms with van der Waals surface area (Å²) in [5.74, 6) is 1.50. The predicted molar refractivity (Wildman–Crippen MR) is 132 cm³/mol. The molecule has 0 spiro atoms. The van der Waals surface area contributed by atoms with Gasteiger partial charge in [-0.05, 0) is 93.1 Å². The van der Waals surface area contributed by atoms with Crippen LogP contribution in [0.15, 0.2) is 35.4 Å². The first kappa shape index (κ1) is 22.9. The molecular formula is C27H40N4O2. The fourth-order valence-corrected chi connectivity index (χ4v) is 8.47. The molecule has 4 saturated carbocycles. The van der Waals surface area contributed by atoms with Crippen LogP contribution in [0, 0.1) is 39.9 Å². The van der Waals surface area contributed by atoms with Crippen LogP contribution in [0.1, 0.15) is 71.6 Å². The summed E-state index contributed by atoms with van der Waals surface area (Å²) in [6.07, 6.45) is 10.8. The third kappa shape index (κ3) is 3.44. The van der Waals surface area contributed by atoms with Crippen LogP contribution < -0.4 is 10.7 Å². The summed E-state index contributed by atoms with van der Waals surface area (Å²) in [5.41, 5.74) is 5.97. The van der Waals surface area contributed by atoms with Gasteiger partial charge in [0.2, 0.25) is 5.96 Å². The van der Waals surface area contributed by atoms with Crippen LogP contribution in [-0.4, -0.2) is 34.1 Å². The van der Waals surface area contributed by atoms with Gasteiger partial charge < -0.3 is 15.9 Å². The number of hydrogen-bond donors (Lipinski definition) is 4. The standard InChI is InChI=1S/C27H40N4O2/c1-25-13-11-21(32)16-18(25)8-9-23-22(25)12-14-26(2)19(10-15-27(23,26)33)17-30-31(24(28)29)20-6-4-3-5-7-20/h3-7,17-19,21-23,32-33H,8-16H2,1-2H3,(H3,28,29)/b30-17+/t18?,19?,21?,22-,23-,25+,26-,27-/m1/s1. The predicted octanol–water partition coefficient (Wildman–Crippen LogP) is 4.51. The molecule has 5 N–H and O–H groups in total. The Morgan fingerprint density at radius 2 is 1.82 bits per heavy atom. The van der Waals surface area contributed by atoms with Crippen molar-refractivity contribution >= 4 is 17.9 Å². The Morgan fingerprint density at radius 1 is 1.06 bits per heavy atom. The molecule has 0 bridgehead atoms. The Bertz CT molecular complexity index is 922. The highest BCUT2D eigenvalue weighted by molar-refractivity contribution is 5.93. The average Bonchev–Trinajstić information content (AvgIpc) is 3.06. The SMILES string of the molecule is C[C@]12CCC(O)CC1CC[C@@H]1[C@H]2CC[C@]2(C)C(/C=N/N(C(=N)N)c3ccccc3)CC[C@@]12O. The van der Waals surface area contributed by atoms with Crippen molar-refractivity contribution in [2.75, 3.05) is 5.01 Å². The lowest BCUT2D eigenvalue weighted by Crippen LogP contribution is -2.62. The quantitative estimate of drug-likeness (QED) is 0.308. The third-order valence-electron chi connectivity index (χ3n) is 10.5. The number of fused-ring (bicyclic) bond motifs is 5. The first-order valence-electron chi connectivity index (χ1n) is 12.8. The maximum Gasteiger partial charge on any atom is 0.214 e. The minimum Gasteiger partial charge on any atom is -0.393 e. The van der Waals surface area contributed by atoms with Crippen LogP contribution in [0.3, 0.4) is 0 Å². The van der Waals surface area contributed by atoms with E-state index in [4.69, 9.17) is 11.1 Å². The van der Waals surface area contributed by atoms with Crippen LogP contribution in [0.2, 0.25) is 0 Å². The van der Waals surface area contributed by atoms with Gasteiger partial charge in [-0.1, -0.05) is 32.0 Å². The number of hydrogen-bond acceptors (Lipinski definition) is 4. The number of anilines is 1. The highest BCUT2D eigenvalue weighted by atomic mass is 16.3. The van der Waals surface area contributed by atoms with Crippen LogP contribution in [0.5, 0.6) is 0 Å². The van der Waals surface area contributed by atoms with Crippen molar-refractivity contribution in [3.63, 3.8) is 0 Å². The van der Waals surface area contributed by atoms with E-state index in [-0.39, 0.29) is 28.8 Å². The lowest BCUT2D eigenvalue weighted by atomic mass is 9.43. The van der Waals surface area contributed by atoms with Gasteiger partial charge in [0.1, 0.15) is 0 Å². The molecule has 1 aromatic carbocycles. The van der Waals surface area contributed by atoms with Crippen molar-refractivity contribution in [1.29, 1.82) is 5.41 Å². The van der Waals surface area contributed by atoms with Gasteiger partial charge in [0.05, 0.1) is 17.4 Å². The number of rotatable bonds is 3. The van der Waals surface area contributed by atoms with Crippen molar-refractivity contribution in [3.8, 4) is 0 Å². The number of benzene rings is 1. The molecule has 5 rings (SSSR count). The molecule has 6 heteroatoms. The van der Waals surface area contributed by atoms with Crippen molar-refractivity contribution < 1.29 is 10.2 Å². The minimum absolute atomic E-state index is 0.106. The van der Waals surface area contributed by atoms with Crippen molar-refractivity contribution in [2.45, 2.75) is 83.3 Å². The minimum atomic E-state index is -0.676. The van der Waals surface area contributed by atoms with Gasteiger partial charge in [0, 0.05) is 17.5 Å². The molecular weight excluding hydrogens is 412 g/mol. The van der Waals surface area contributed by atoms with E-state index in [0.29, 0.717) is 17.8 Å². The molecule has 4 aliphatic carbocycles. The Balaban J connectivity index is 1.39. The number of hydrazone groups is 1. The first-order valence-corrected chi connectivity index (χ1v) is 12.8. The summed E-state index contributed by atoms with van der Waals surface area (Å²) >= 11 is 0. The number of nitrogens with zero attached hydrogens (tertiary/aromatic N) is 2. The van der Waals surface area contributed by atoms with Crippen LogP contribution in [0.4, 0.5) is 5.69 Å². The number of nitrogens with one attached hydrogen (secondary N) is 1. The molecule has 180 valence electrons. The van der Waals surface area contributed by atoms with Crippen LogP contribution >= 0.6 is 0 Å². The molecule has 0 heterocycles. The molecule has 0 saturated heterocycles. The zero-order chi connectivity index (χ0) is 23.4. The van der Waals surface area contributed by atoms with Gasteiger partial charge >= 0.3 is 0 Å². The van der Waals surface area contributed by atoms with Gasteiger partial charge in [0.25, 0.3) is 0 Å². The molecule has 6 nitrogen and oxygen atoms in total. The molecule has 0 amide bonds. The zero-order valence-corrected chi connectivity index (χ0v) is 20.1. The van der Waals surface area contributed by atoms with Gasteiger partial charge in [-0.25, -0.2) is 5.01 Å². The highest BCUT2D eigenvalue weighted by Crippen LogP contribution is 2.68. The van der Waals surface area contributed by atoms with Gasteiger partial charge in [-0.2, -0.15) is 5.10 Å². The third-order valence-corrected chi connectivity index (χ3v) is 10.5. The number of para-hydroxylation sites is 1. The zero-order valence-electron chi connectivity index (χ0n) is 20.1. The summed E-state index contributed by atoms with van der Waals surface area (Å²) in [5, 5.41) is 36.7. The summed E-state index contributed by atoms with van der Waals surface area (Å²) in [7, 11) is 0. The lowest BCUT2D eigenvalue weighted by molar-refractivity contribution is -0.206. The molecule has 33 heavy (non-hydrogen) atoms. The number of guanidine groups is 1. The smallest absolute Gasteiger partial charge is 0.214 e. The van der Waals surface area contributed by atoms with Gasteiger partial charge in [-0.3, -0.25) is 5.41 Å². The number of aliphatic hydroxyl groups is 2. The van der Waals surface area contributed by atoms with E-state index in [9.17, 15) is 10.2 Å². The lowest BCUT2D eigenvalue weighted by Gasteiger charge is -2.63. The monoisotopic (exact) mass is 452 g/mol. The summed E-state index contributed by atoms with van der Waals surface area (Å²) in [6, 6.07) is 9.57. The van der Waals surface area contributed by atoms with E-state index >= 15 is 0 Å². The van der Waals surface area contributed by atoms with Crippen molar-refractivity contribution in [3.05, 3.63) is 30.3 Å². The molecule has 3 unspecified atom stereocenters. The fraction of sp³-hybridized carbons (Fsp3) is 0.704. The van der Waals surface area contributed by atoms with Crippen molar-refractivity contribution in [2.24, 2.45) is 45.3 Å². The van der Waals surface area contributed by atoms with Crippen LogP contribution in [0.25, 0.3) is 0 Å². The maximum atomic E-state index is 12.3. The Hall–Kier alpha value is -1.92. The molecule has 8 atom stereocenters. The fourth-order valence-electron chi connectivity index (χ4n) is 8.47. The molecule has 0 aliphatic heterocycles. The Morgan fingerprint density at radius 3 is 2.55 bits per heavy atom. The first-order chi connectivity index (χ1) is 15.7. The molecule has 0 aromatic heterocycles. The van der Waals surface area contributed by atoms with E-state index in [2.05, 4.69) is 18.9 Å². The molecule has 1 aromatic rings. The number of nitrogens with two attached hydrogens (primary N) is 1. The topological polar surface area (TPSA) is 106 Å². The largest absolute Gasteiger partial charge is 0.393 e. The van der Waals surface area contributed by atoms with E-state index in [0.717, 1.165) is 63.5 Å². The highest BCUT2D eigenvalue weighted by Gasteiger charge is 2.66. The van der Waals surface area contributed by atoms with E-state index in [1.54, 1.807) is 0 Å². The molecule has 0 radical (unpaired) electrons.